The minimum atomic E-state index is -0.187. The van der Waals surface area contributed by atoms with Gasteiger partial charge in [-0.3, -0.25) is 4.79 Å². The van der Waals surface area contributed by atoms with Gasteiger partial charge in [0.25, 0.3) is 22.6 Å². The van der Waals surface area contributed by atoms with Crippen molar-refractivity contribution in [3.05, 3.63) is 94.9 Å². The lowest BCUT2D eigenvalue weighted by atomic mass is 10.1. The smallest absolute Gasteiger partial charge is 0.277 e. The fourth-order valence-electron chi connectivity index (χ4n) is 3.56. The average molecular weight is 484 g/mol. The van der Waals surface area contributed by atoms with Crippen LogP contribution in [0.1, 0.15) is 11.4 Å². The molecule has 4 heterocycles. The fourth-order valence-corrected chi connectivity index (χ4v) is 4.17. The first-order valence-electron chi connectivity index (χ1n) is 10.6. The molecular formula is C24H16N6O4S. The van der Waals surface area contributed by atoms with Crippen LogP contribution in [-0.4, -0.2) is 30.1 Å². The predicted octanol–water partition coefficient (Wildman–Crippen LogP) is 4.43. The van der Waals surface area contributed by atoms with Crippen molar-refractivity contribution in [1.82, 2.24) is 30.1 Å². The summed E-state index contributed by atoms with van der Waals surface area (Å²) in [7, 11) is 0. The molecule has 4 aromatic heterocycles. The minimum Gasteiger partial charge on any atom is -0.472 e. The molecule has 0 radical (unpaired) electrons. The molecule has 0 bridgehead atoms. The summed E-state index contributed by atoms with van der Waals surface area (Å²) < 4.78 is 17.6. The van der Waals surface area contributed by atoms with Crippen LogP contribution in [-0.2, 0) is 12.3 Å². The van der Waals surface area contributed by atoms with Crippen LogP contribution in [0.2, 0.25) is 0 Å². The third kappa shape index (κ3) is 4.24. The number of hydrogen-bond acceptors (Lipinski definition) is 10. The number of rotatable bonds is 7. The van der Waals surface area contributed by atoms with Crippen molar-refractivity contribution in [2.45, 2.75) is 17.5 Å². The monoisotopic (exact) mass is 484 g/mol. The zero-order valence-corrected chi connectivity index (χ0v) is 18.9. The molecule has 0 N–H and O–H groups in total. The largest absolute Gasteiger partial charge is 0.472 e. The van der Waals surface area contributed by atoms with E-state index in [0.29, 0.717) is 51.3 Å². The van der Waals surface area contributed by atoms with E-state index in [-0.39, 0.29) is 11.4 Å². The molecule has 0 aliphatic heterocycles. The van der Waals surface area contributed by atoms with E-state index in [2.05, 4.69) is 25.4 Å². The molecule has 6 aromatic rings. The second-order valence-electron chi connectivity index (χ2n) is 7.53. The molecule has 0 atom stereocenters. The van der Waals surface area contributed by atoms with E-state index in [4.69, 9.17) is 13.4 Å². The van der Waals surface area contributed by atoms with E-state index in [1.807, 2.05) is 48.5 Å². The van der Waals surface area contributed by atoms with Gasteiger partial charge < -0.3 is 13.4 Å². The summed E-state index contributed by atoms with van der Waals surface area (Å²) in [6, 6.07) is 18.6. The Balaban J connectivity index is 1.28. The summed E-state index contributed by atoms with van der Waals surface area (Å²) in [6.45, 7) is 0.323. The molecule has 11 heteroatoms. The molecular weight excluding hydrogens is 468 g/mol. The van der Waals surface area contributed by atoms with Gasteiger partial charge in [0.15, 0.2) is 11.5 Å². The van der Waals surface area contributed by atoms with Crippen LogP contribution in [0.25, 0.3) is 33.8 Å². The maximum Gasteiger partial charge on any atom is 0.277 e. The molecule has 0 spiro atoms. The van der Waals surface area contributed by atoms with Gasteiger partial charge in [-0.2, -0.15) is 10.1 Å². The van der Waals surface area contributed by atoms with E-state index in [0.717, 1.165) is 5.56 Å². The van der Waals surface area contributed by atoms with Gasteiger partial charge in [0.05, 0.1) is 29.5 Å². The van der Waals surface area contributed by atoms with Crippen LogP contribution in [0.5, 0.6) is 0 Å². The Morgan fingerprint density at radius 2 is 1.74 bits per heavy atom. The first-order chi connectivity index (χ1) is 17.2. The van der Waals surface area contributed by atoms with Crippen LogP contribution >= 0.6 is 11.8 Å². The Morgan fingerprint density at radius 1 is 0.914 bits per heavy atom. The fraction of sp³-hybridized carbons (Fsp3) is 0.0833. The van der Waals surface area contributed by atoms with Crippen molar-refractivity contribution >= 4 is 22.5 Å². The number of benzene rings is 2. The Bertz CT molecular complexity index is 1660. The molecule has 10 nitrogen and oxygen atoms in total. The van der Waals surface area contributed by atoms with Crippen molar-refractivity contribution in [3.8, 4) is 23.0 Å². The predicted molar refractivity (Wildman–Crippen MR) is 126 cm³/mol. The zero-order valence-electron chi connectivity index (χ0n) is 18.1. The number of nitrogens with zero attached hydrogens (tertiary/aromatic N) is 6. The van der Waals surface area contributed by atoms with Crippen molar-refractivity contribution in [2.75, 3.05) is 0 Å². The highest BCUT2D eigenvalue weighted by atomic mass is 32.2. The molecule has 6 rings (SSSR count). The van der Waals surface area contributed by atoms with Gasteiger partial charge >= 0.3 is 0 Å². The molecule has 0 unspecified atom stereocenters. The Kier molecular flexibility index (Phi) is 5.43. The maximum atomic E-state index is 13.1. The van der Waals surface area contributed by atoms with Gasteiger partial charge in [0, 0.05) is 5.39 Å². The lowest BCUT2D eigenvalue weighted by Crippen LogP contribution is -2.24. The van der Waals surface area contributed by atoms with Gasteiger partial charge in [-0.25, -0.2) is 4.68 Å². The van der Waals surface area contributed by atoms with E-state index < -0.39 is 0 Å². The van der Waals surface area contributed by atoms with Crippen LogP contribution in [0, 0.1) is 0 Å². The van der Waals surface area contributed by atoms with Gasteiger partial charge in [-0.1, -0.05) is 65.4 Å². The summed E-state index contributed by atoms with van der Waals surface area (Å²) in [5.41, 5.74) is 1.92. The Labute approximate surface area is 201 Å². The first-order valence-corrected chi connectivity index (χ1v) is 11.6. The zero-order chi connectivity index (χ0) is 23.6. The quantitative estimate of drug-likeness (QED) is 0.300. The highest BCUT2D eigenvalue weighted by molar-refractivity contribution is 7.98. The molecule has 0 fully saturated rings. The summed E-state index contributed by atoms with van der Waals surface area (Å²) in [4.78, 5) is 17.4. The van der Waals surface area contributed by atoms with E-state index in [1.54, 1.807) is 12.1 Å². The summed E-state index contributed by atoms with van der Waals surface area (Å²) in [5.74, 6) is 1.44. The summed E-state index contributed by atoms with van der Waals surface area (Å²) in [5, 5.41) is 18.3. The number of furan rings is 1. The molecule has 2 aromatic carbocycles. The van der Waals surface area contributed by atoms with Gasteiger partial charge in [-0.15, -0.1) is 10.2 Å². The van der Waals surface area contributed by atoms with Crippen molar-refractivity contribution in [2.24, 2.45) is 0 Å². The van der Waals surface area contributed by atoms with Gasteiger partial charge in [0.1, 0.15) is 6.26 Å². The topological polar surface area (TPSA) is 126 Å². The van der Waals surface area contributed by atoms with Gasteiger partial charge in [0.2, 0.25) is 0 Å². The number of hydrogen-bond donors (Lipinski definition) is 0. The second-order valence-corrected chi connectivity index (χ2v) is 8.46. The van der Waals surface area contributed by atoms with Crippen LogP contribution in [0.4, 0.5) is 0 Å². The number of fused-ring (bicyclic) bond motifs is 1. The molecule has 0 saturated carbocycles. The third-order valence-electron chi connectivity index (χ3n) is 5.21. The third-order valence-corrected chi connectivity index (χ3v) is 6.03. The van der Waals surface area contributed by atoms with E-state index >= 15 is 0 Å². The number of thioether (sulfide) groups is 1. The number of aromatic nitrogens is 6. The highest BCUT2D eigenvalue weighted by Crippen LogP contribution is 2.28. The molecule has 35 heavy (non-hydrogen) atoms. The summed E-state index contributed by atoms with van der Waals surface area (Å²) in [6.07, 6.45) is 3.07. The normalized spacial score (nSPS) is 11.3. The highest BCUT2D eigenvalue weighted by Gasteiger charge is 2.19. The van der Waals surface area contributed by atoms with Crippen molar-refractivity contribution < 1.29 is 13.4 Å². The van der Waals surface area contributed by atoms with Crippen molar-refractivity contribution in [3.63, 3.8) is 0 Å². The van der Waals surface area contributed by atoms with Crippen LogP contribution < -0.4 is 5.56 Å². The molecule has 0 aliphatic carbocycles. The SMILES string of the molecule is O=c1c2ccccc2c(-c2nnc(SCc3noc(-c4ccoc4)n3)o2)nn1Cc1ccccc1. The molecule has 0 aliphatic rings. The van der Waals surface area contributed by atoms with Crippen molar-refractivity contribution in [1.29, 1.82) is 0 Å². The van der Waals surface area contributed by atoms with E-state index in [9.17, 15) is 4.79 Å². The minimum absolute atomic E-state index is 0.187. The Hall–Kier alpha value is -4.51. The van der Waals surface area contributed by atoms with Gasteiger partial charge in [-0.05, 0) is 17.7 Å². The second kappa shape index (κ2) is 9.03. The van der Waals surface area contributed by atoms with Crippen LogP contribution in [0.3, 0.4) is 0 Å². The standard InChI is InChI=1S/C24H16N6O4S/c31-23-18-9-5-4-8-17(18)20(28-30(23)12-15-6-2-1-3-7-15)22-26-27-24(33-22)35-14-19-25-21(34-29-19)16-10-11-32-13-16/h1-11,13H,12,14H2. The lowest BCUT2D eigenvalue weighted by molar-refractivity contribution is 0.424. The average Bonchev–Trinajstić information content (AvgIpc) is 3.67. The molecule has 172 valence electrons. The summed E-state index contributed by atoms with van der Waals surface area (Å²) >= 11 is 1.27. The maximum absolute atomic E-state index is 13.1. The van der Waals surface area contributed by atoms with E-state index in [1.165, 1.54) is 29.0 Å². The van der Waals surface area contributed by atoms with Crippen LogP contribution in [0.15, 0.2) is 96.6 Å². The lowest BCUT2D eigenvalue weighted by Gasteiger charge is -2.09. The first kappa shape index (κ1) is 21.1. The molecule has 0 saturated heterocycles. The molecule has 0 amide bonds. The Morgan fingerprint density at radius 3 is 2.57 bits per heavy atom.